The fourth-order valence-electron chi connectivity index (χ4n) is 5.17. The first-order valence-electron chi connectivity index (χ1n) is 12.0. The molecular weight excluding hydrogens is 381 g/mol. The van der Waals surface area contributed by atoms with E-state index in [1.165, 1.54) is 82.8 Å². The van der Waals surface area contributed by atoms with Gasteiger partial charge in [0.25, 0.3) is 0 Å². The first kappa shape index (κ1) is 23.2. The molecule has 0 spiro atoms. The van der Waals surface area contributed by atoms with E-state index in [-0.39, 0.29) is 0 Å². The van der Waals surface area contributed by atoms with Gasteiger partial charge in [0, 0.05) is 0 Å². The molecule has 0 aliphatic heterocycles. The van der Waals surface area contributed by atoms with Crippen molar-refractivity contribution >= 4 is 5.57 Å². The molecule has 3 rings (SSSR count). The van der Waals surface area contributed by atoms with Crippen LogP contribution in [0.1, 0.15) is 95.1 Å². The highest BCUT2D eigenvalue weighted by molar-refractivity contribution is 5.75. The van der Waals surface area contributed by atoms with Crippen LogP contribution in [0, 0.1) is 17.8 Å². The average Bonchev–Trinajstić information content (AvgIpc) is 2.76. The van der Waals surface area contributed by atoms with E-state index in [1.54, 1.807) is 12.1 Å². The summed E-state index contributed by atoms with van der Waals surface area (Å²) in [7, 11) is 0. The van der Waals surface area contributed by atoms with Crippen molar-refractivity contribution in [2.45, 2.75) is 90.1 Å². The Labute approximate surface area is 180 Å². The molecule has 1 atom stereocenters. The van der Waals surface area contributed by atoms with Crippen molar-refractivity contribution < 1.29 is 13.2 Å². The van der Waals surface area contributed by atoms with Crippen molar-refractivity contribution in [3.05, 3.63) is 53.6 Å². The summed E-state index contributed by atoms with van der Waals surface area (Å²) >= 11 is 0. The zero-order valence-corrected chi connectivity index (χ0v) is 18.4. The Bertz CT molecular complexity index is 688. The molecule has 1 aromatic rings. The summed E-state index contributed by atoms with van der Waals surface area (Å²) in [6, 6.07) is 5.54. The standard InChI is InChI=1S/C27H37F3/c1-2-3-4-5-6-7-8-21-9-11-22(12-10-21)23-13-15-24(16-14-23)25-17-19-26(20-18-25)27(28,29)30/h13,15-23H,2-12,14H2,1H3/t21-,22-,23?. The largest absolute Gasteiger partial charge is 0.416 e. The SMILES string of the molecule is CCCCCCCC[C@H]1CC[C@H](C2C=CC(c3ccc(C(F)(F)F)cc3)=CC2)CC1. The Morgan fingerprint density at radius 1 is 0.867 bits per heavy atom. The third kappa shape index (κ3) is 6.75. The maximum Gasteiger partial charge on any atom is 0.416 e. The van der Waals surface area contributed by atoms with Crippen LogP contribution in [0.5, 0.6) is 0 Å². The van der Waals surface area contributed by atoms with Gasteiger partial charge in [0.15, 0.2) is 0 Å². The zero-order chi connectivity index (χ0) is 21.4. The predicted octanol–water partition coefficient (Wildman–Crippen LogP) is 9.22. The van der Waals surface area contributed by atoms with Crippen molar-refractivity contribution in [1.82, 2.24) is 0 Å². The molecule has 1 fully saturated rings. The number of benzene rings is 1. The summed E-state index contributed by atoms with van der Waals surface area (Å²) in [5.41, 5.74) is 1.35. The van der Waals surface area contributed by atoms with Crippen LogP contribution in [-0.4, -0.2) is 0 Å². The molecule has 2 aliphatic rings. The third-order valence-corrected chi connectivity index (χ3v) is 7.14. The van der Waals surface area contributed by atoms with Crippen LogP contribution in [0.15, 0.2) is 42.5 Å². The van der Waals surface area contributed by atoms with Gasteiger partial charge in [-0.3, -0.25) is 0 Å². The van der Waals surface area contributed by atoms with E-state index in [2.05, 4.69) is 25.2 Å². The van der Waals surface area contributed by atoms with Gasteiger partial charge in [-0.15, -0.1) is 0 Å². The molecular formula is C27H37F3. The van der Waals surface area contributed by atoms with Gasteiger partial charge in [-0.1, -0.05) is 95.1 Å². The van der Waals surface area contributed by atoms with E-state index in [4.69, 9.17) is 0 Å². The van der Waals surface area contributed by atoms with Gasteiger partial charge in [0.2, 0.25) is 0 Å². The maximum atomic E-state index is 12.7. The number of allylic oxidation sites excluding steroid dienone is 4. The summed E-state index contributed by atoms with van der Waals surface area (Å²) in [4.78, 5) is 0. The van der Waals surface area contributed by atoms with Crippen molar-refractivity contribution in [2.75, 3.05) is 0 Å². The Balaban J connectivity index is 1.39. The molecule has 30 heavy (non-hydrogen) atoms. The molecule has 3 heteroatoms. The van der Waals surface area contributed by atoms with E-state index >= 15 is 0 Å². The smallest absolute Gasteiger partial charge is 0.166 e. The zero-order valence-electron chi connectivity index (χ0n) is 18.4. The lowest BCUT2D eigenvalue weighted by molar-refractivity contribution is -0.137. The molecule has 0 bridgehead atoms. The normalized spacial score (nSPS) is 24.7. The van der Waals surface area contributed by atoms with Crippen LogP contribution in [0.25, 0.3) is 5.57 Å². The van der Waals surface area contributed by atoms with Crippen LogP contribution in [0.4, 0.5) is 13.2 Å². The Kier molecular flexibility index (Phi) is 8.65. The van der Waals surface area contributed by atoms with Gasteiger partial charge in [0.1, 0.15) is 0 Å². The second kappa shape index (κ2) is 11.2. The molecule has 0 N–H and O–H groups in total. The molecule has 166 valence electrons. The van der Waals surface area contributed by atoms with Crippen LogP contribution in [0.2, 0.25) is 0 Å². The minimum atomic E-state index is -4.27. The van der Waals surface area contributed by atoms with E-state index < -0.39 is 11.7 Å². The molecule has 0 aromatic heterocycles. The molecule has 0 heterocycles. The lowest BCUT2D eigenvalue weighted by Gasteiger charge is -2.33. The van der Waals surface area contributed by atoms with E-state index in [0.717, 1.165) is 29.4 Å². The highest BCUT2D eigenvalue weighted by Crippen LogP contribution is 2.40. The highest BCUT2D eigenvalue weighted by Gasteiger charge is 2.30. The molecule has 0 amide bonds. The van der Waals surface area contributed by atoms with Crippen LogP contribution >= 0.6 is 0 Å². The number of alkyl halides is 3. The second-order valence-corrected chi connectivity index (χ2v) is 9.33. The number of rotatable bonds is 9. The lowest BCUT2D eigenvalue weighted by Crippen LogP contribution is -2.21. The van der Waals surface area contributed by atoms with Crippen molar-refractivity contribution in [1.29, 1.82) is 0 Å². The Hall–Kier alpha value is -1.51. The third-order valence-electron chi connectivity index (χ3n) is 7.14. The molecule has 0 nitrogen and oxygen atoms in total. The topological polar surface area (TPSA) is 0 Å². The predicted molar refractivity (Wildman–Crippen MR) is 120 cm³/mol. The molecule has 1 saturated carbocycles. The molecule has 1 unspecified atom stereocenters. The second-order valence-electron chi connectivity index (χ2n) is 9.33. The molecule has 0 radical (unpaired) electrons. The molecule has 2 aliphatic carbocycles. The summed E-state index contributed by atoms with van der Waals surface area (Å²) in [5, 5.41) is 0. The Morgan fingerprint density at radius 3 is 2.13 bits per heavy atom. The lowest BCUT2D eigenvalue weighted by atomic mass is 9.72. The number of unbranched alkanes of at least 4 members (excludes halogenated alkanes) is 5. The van der Waals surface area contributed by atoms with Crippen LogP contribution < -0.4 is 0 Å². The van der Waals surface area contributed by atoms with Crippen molar-refractivity contribution in [3.63, 3.8) is 0 Å². The van der Waals surface area contributed by atoms with Crippen molar-refractivity contribution in [2.24, 2.45) is 17.8 Å². The molecule has 0 saturated heterocycles. The fourth-order valence-corrected chi connectivity index (χ4v) is 5.17. The fraction of sp³-hybridized carbons (Fsp3) is 0.630. The quantitative estimate of drug-likeness (QED) is 0.351. The first-order valence-corrected chi connectivity index (χ1v) is 12.0. The summed E-state index contributed by atoms with van der Waals surface area (Å²) < 4.78 is 38.2. The van der Waals surface area contributed by atoms with E-state index in [9.17, 15) is 13.2 Å². The summed E-state index contributed by atoms with van der Waals surface area (Å²) in [6.07, 6.45) is 18.5. The van der Waals surface area contributed by atoms with Crippen LogP contribution in [0.3, 0.4) is 0 Å². The van der Waals surface area contributed by atoms with Gasteiger partial charge < -0.3 is 0 Å². The number of hydrogen-bond acceptors (Lipinski definition) is 0. The summed E-state index contributed by atoms with van der Waals surface area (Å²) in [5.74, 6) is 2.30. The minimum absolute atomic E-state index is 0.581. The molecule has 1 aromatic carbocycles. The highest BCUT2D eigenvalue weighted by atomic mass is 19.4. The van der Waals surface area contributed by atoms with Gasteiger partial charge in [-0.05, 0) is 60.3 Å². The average molecular weight is 419 g/mol. The Morgan fingerprint density at radius 2 is 1.53 bits per heavy atom. The maximum absolute atomic E-state index is 12.7. The first-order chi connectivity index (χ1) is 14.5. The number of hydrogen-bond donors (Lipinski definition) is 0. The van der Waals surface area contributed by atoms with Gasteiger partial charge in [0.05, 0.1) is 5.56 Å². The van der Waals surface area contributed by atoms with Crippen molar-refractivity contribution in [3.8, 4) is 0 Å². The van der Waals surface area contributed by atoms with Gasteiger partial charge in [-0.2, -0.15) is 13.2 Å². The minimum Gasteiger partial charge on any atom is -0.166 e. The van der Waals surface area contributed by atoms with Gasteiger partial charge in [-0.25, -0.2) is 0 Å². The van der Waals surface area contributed by atoms with Crippen LogP contribution in [-0.2, 0) is 6.18 Å². The van der Waals surface area contributed by atoms with E-state index in [1.807, 2.05) is 0 Å². The number of halogens is 3. The monoisotopic (exact) mass is 418 g/mol. The van der Waals surface area contributed by atoms with E-state index in [0.29, 0.717) is 5.92 Å². The summed E-state index contributed by atoms with van der Waals surface area (Å²) in [6.45, 7) is 2.27. The van der Waals surface area contributed by atoms with Gasteiger partial charge >= 0.3 is 6.18 Å².